The van der Waals surface area contributed by atoms with Crippen molar-refractivity contribution in [3.05, 3.63) is 77.1 Å². The van der Waals surface area contributed by atoms with Crippen LogP contribution in [0.1, 0.15) is 24.2 Å². The van der Waals surface area contributed by atoms with Gasteiger partial charge in [-0.05, 0) is 61.9 Å². The van der Waals surface area contributed by atoms with Crippen LogP contribution in [-0.2, 0) is 0 Å². The zero-order valence-electron chi connectivity index (χ0n) is 14.5. The Hall–Kier alpha value is -2.92. The molecule has 5 nitrogen and oxygen atoms in total. The molecule has 1 aromatic heterocycles. The number of rotatable bonds is 4. The van der Waals surface area contributed by atoms with E-state index in [1.54, 1.807) is 18.3 Å². The predicted octanol–water partition coefficient (Wildman–Crippen LogP) is 4.99. The summed E-state index contributed by atoms with van der Waals surface area (Å²) in [5.74, 6) is 0.664. The molecule has 1 unspecified atom stereocenters. The number of urea groups is 1. The Morgan fingerprint density at radius 3 is 2.38 bits per heavy atom. The Morgan fingerprint density at radius 1 is 1.04 bits per heavy atom. The summed E-state index contributed by atoms with van der Waals surface area (Å²) in [4.78, 5) is 20.8. The highest BCUT2D eigenvalue weighted by Gasteiger charge is 2.10. The van der Waals surface area contributed by atoms with E-state index in [2.05, 4.69) is 20.6 Å². The van der Waals surface area contributed by atoms with Gasteiger partial charge in [0.05, 0.1) is 6.04 Å². The number of amides is 2. The highest BCUT2D eigenvalue weighted by atomic mass is 35.5. The van der Waals surface area contributed by atoms with E-state index in [1.807, 2.05) is 56.3 Å². The molecular weight excluding hydrogens is 348 g/mol. The molecule has 3 aromatic rings. The second-order valence-corrected chi connectivity index (χ2v) is 6.41. The number of anilines is 1. The van der Waals surface area contributed by atoms with Gasteiger partial charge in [-0.2, -0.15) is 0 Å². The number of benzene rings is 2. The Labute approximate surface area is 157 Å². The molecule has 0 saturated heterocycles. The van der Waals surface area contributed by atoms with E-state index in [4.69, 9.17) is 11.6 Å². The maximum Gasteiger partial charge on any atom is 0.319 e. The third kappa shape index (κ3) is 4.58. The number of aryl methyl sites for hydroxylation is 1. The van der Waals surface area contributed by atoms with Crippen molar-refractivity contribution in [3.8, 4) is 11.4 Å². The third-order valence-corrected chi connectivity index (χ3v) is 4.17. The first kappa shape index (κ1) is 17.9. The SMILES string of the molecule is Cc1ccnc(-c2ccc(NC(=O)NC(C)c3ccc(Cl)cc3)cc2)n1. The minimum absolute atomic E-state index is 0.132. The first-order valence-corrected chi connectivity index (χ1v) is 8.62. The van der Waals surface area contributed by atoms with Gasteiger partial charge in [-0.25, -0.2) is 14.8 Å². The van der Waals surface area contributed by atoms with E-state index in [9.17, 15) is 4.79 Å². The standard InChI is InChI=1S/C20H19ClN4O/c1-13-11-12-22-19(23-13)16-5-9-18(10-6-16)25-20(26)24-14(2)15-3-7-17(21)8-4-15/h3-12,14H,1-2H3,(H2,24,25,26). The van der Waals surface area contributed by atoms with Crippen LogP contribution in [0.5, 0.6) is 0 Å². The average Bonchev–Trinajstić information content (AvgIpc) is 2.62. The molecule has 0 aliphatic carbocycles. The van der Waals surface area contributed by atoms with E-state index in [0.717, 1.165) is 16.8 Å². The summed E-state index contributed by atoms with van der Waals surface area (Å²) in [7, 11) is 0. The normalized spacial score (nSPS) is 11.7. The lowest BCUT2D eigenvalue weighted by Gasteiger charge is -2.15. The molecule has 0 bridgehead atoms. The monoisotopic (exact) mass is 366 g/mol. The molecule has 3 rings (SSSR count). The van der Waals surface area contributed by atoms with Crippen LogP contribution in [0.15, 0.2) is 60.8 Å². The molecule has 26 heavy (non-hydrogen) atoms. The van der Waals surface area contributed by atoms with Gasteiger partial charge in [0, 0.05) is 28.2 Å². The molecule has 0 saturated carbocycles. The highest BCUT2D eigenvalue weighted by Crippen LogP contribution is 2.19. The van der Waals surface area contributed by atoms with Gasteiger partial charge in [0.2, 0.25) is 0 Å². The topological polar surface area (TPSA) is 66.9 Å². The number of nitrogens with zero attached hydrogens (tertiary/aromatic N) is 2. The van der Waals surface area contributed by atoms with Crippen molar-refractivity contribution in [3.63, 3.8) is 0 Å². The number of halogens is 1. The Balaban J connectivity index is 1.61. The van der Waals surface area contributed by atoms with Crippen LogP contribution in [0.4, 0.5) is 10.5 Å². The molecule has 132 valence electrons. The molecule has 0 aliphatic heterocycles. The molecule has 1 heterocycles. The van der Waals surface area contributed by atoms with Crippen molar-refractivity contribution < 1.29 is 4.79 Å². The van der Waals surface area contributed by atoms with E-state index in [-0.39, 0.29) is 12.1 Å². The third-order valence-electron chi connectivity index (χ3n) is 3.91. The average molecular weight is 367 g/mol. The minimum Gasteiger partial charge on any atom is -0.331 e. The first-order chi connectivity index (χ1) is 12.5. The van der Waals surface area contributed by atoms with Crippen molar-refractivity contribution in [1.82, 2.24) is 15.3 Å². The summed E-state index contributed by atoms with van der Waals surface area (Å²) in [5, 5.41) is 6.40. The fourth-order valence-electron chi connectivity index (χ4n) is 2.49. The van der Waals surface area contributed by atoms with Gasteiger partial charge in [-0.1, -0.05) is 23.7 Å². The summed E-state index contributed by atoms with van der Waals surface area (Å²) in [6, 6.07) is 16.3. The van der Waals surface area contributed by atoms with Gasteiger partial charge in [-0.3, -0.25) is 0 Å². The maximum atomic E-state index is 12.2. The van der Waals surface area contributed by atoms with Gasteiger partial charge in [0.1, 0.15) is 0 Å². The summed E-state index contributed by atoms with van der Waals surface area (Å²) < 4.78 is 0. The second kappa shape index (κ2) is 7.97. The number of hydrogen-bond acceptors (Lipinski definition) is 3. The smallest absolute Gasteiger partial charge is 0.319 e. The van der Waals surface area contributed by atoms with E-state index < -0.39 is 0 Å². The number of nitrogens with one attached hydrogen (secondary N) is 2. The Morgan fingerprint density at radius 2 is 1.73 bits per heavy atom. The number of carbonyl (C=O) groups excluding carboxylic acids is 1. The van der Waals surface area contributed by atoms with Gasteiger partial charge in [0.15, 0.2) is 5.82 Å². The molecule has 0 aliphatic rings. The largest absolute Gasteiger partial charge is 0.331 e. The van der Waals surface area contributed by atoms with E-state index in [0.29, 0.717) is 16.5 Å². The van der Waals surface area contributed by atoms with E-state index >= 15 is 0 Å². The van der Waals surface area contributed by atoms with Crippen LogP contribution in [-0.4, -0.2) is 16.0 Å². The van der Waals surface area contributed by atoms with Crippen LogP contribution in [0.3, 0.4) is 0 Å². The maximum absolute atomic E-state index is 12.2. The van der Waals surface area contributed by atoms with Crippen molar-refractivity contribution in [1.29, 1.82) is 0 Å². The van der Waals surface area contributed by atoms with Crippen molar-refractivity contribution in [2.45, 2.75) is 19.9 Å². The Kier molecular flexibility index (Phi) is 5.49. The van der Waals surface area contributed by atoms with Crippen LogP contribution in [0.25, 0.3) is 11.4 Å². The number of aromatic nitrogens is 2. The van der Waals surface area contributed by atoms with Gasteiger partial charge < -0.3 is 10.6 Å². The van der Waals surface area contributed by atoms with Crippen LogP contribution in [0.2, 0.25) is 5.02 Å². The van der Waals surface area contributed by atoms with Crippen LogP contribution < -0.4 is 10.6 Å². The molecule has 0 radical (unpaired) electrons. The fourth-order valence-corrected chi connectivity index (χ4v) is 2.62. The summed E-state index contributed by atoms with van der Waals surface area (Å²) in [5.41, 5.74) is 3.49. The zero-order valence-corrected chi connectivity index (χ0v) is 15.3. The van der Waals surface area contributed by atoms with Gasteiger partial charge >= 0.3 is 6.03 Å². The summed E-state index contributed by atoms with van der Waals surface area (Å²) >= 11 is 5.89. The zero-order chi connectivity index (χ0) is 18.5. The lowest BCUT2D eigenvalue weighted by molar-refractivity contribution is 0.249. The number of hydrogen-bond donors (Lipinski definition) is 2. The lowest BCUT2D eigenvalue weighted by atomic mass is 10.1. The molecule has 1 atom stereocenters. The van der Waals surface area contributed by atoms with Gasteiger partial charge in [-0.15, -0.1) is 0 Å². The summed E-state index contributed by atoms with van der Waals surface area (Å²) in [6.07, 6.45) is 1.73. The molecular formula is C20H19ClN4O. The molecule has 0 spiro atoms. The first-order valence-electron chi connectivity index (χ1n) is 8.24. The number of carbonyl (C=O) groups is 1. The van der Waals surface area contributed by atoms with Crippen LogP contribution >= 0.6 is 11.6 Å². The van der Waals surface area contributed by atoms with Crippen LogP contribution in [0, 0.1) is 6.92 Å². The van der Waals surface area contributed by atoms with E-state index in [1.165, 1.54) is 0 Å². The molecule has 0 fully saturated rings. The fraction of sp³-hybridized carbons (Fsp3) is 0.150. The highest BCUT2D eigenvalue weighted by molar-refractivity contribution is 6.30. The summed E-state index contributed by atoms with van der Waals surface area (Å²) in [6.45, 7) is 3.84. The lowest BCUT2D eigenvalue weighted by Crippen LogP contribution is -2.31. The van der Waals surface area contributed by atoms with Gasteiger partial charge in [0.25, 0.3) is 0 Å². The van der Waals surface area contributed by atoms with Crippen molar-refractivity contribution in [2.24, 2.45) is 0 Å². The quantitative estimate of drug-likeness (QED) is 0.683. The van der Waals surface area contributed by atoms with Crippen molar-refractivity contribution in [2.75, 3.05) is 5.32 Å². The predicted molar refractivity (Wildman–Crippen MR) is 104 cm³/mol. The molecule has 2 amide bonds. The molecule has 6 heteroatoms. The molecule has 2 N–H and O–H groups in total. The Bertz CT molecular complexity index is 894. The molecule has 2 aromatic carbocycles. The minimum atomic E-state index is -0.271. The van der Waals surface area contributed by atoms with Crippen molar-refractivity contribution >= 4 is 23.3 Å². The second-order valence-electron chi connectivity index (χ2n) is 5.97.